The van der Waals surface area contributed by atoms with Gasteiger partial charge in [-0.25, -0.2) is 8.42 Å². The van der Waals surface area contributed by atoms with Crippen molar-refractivity contribution in [2.75, 3.05) is 56.0 Å². The van der Waals surface area contributed by atoms with E-state index in [1.54, 1.807) is 24.3 Å². The Bertz CT molecular complexity index is 1010. The highest BCUT2D eigenvalue weighted by atomic mass is 32.2. The lowest BCUT2D eigenvalue weighted by Gasteiger charge is -2.35. The van der Waals surface area contributed by atoms with Gasteiger partial charge in [0.2, 0.25) is 15.9 Å². The number of piperazine rings is 1. The summed E-state index contributed by atoms with van der Waals surface area (Å²) in [6.07, 6.45) is 2.86. The van der Waals surface area contributed by atoms with Gasteiger partial charge in [-0.15, -0.1) is 0 Å². The number of benzene rings is 2. The first-order valence-electron chi connectivity index (χ1n) is 11.4. The average Bonchev–Trinajstić information content (AvgIpc) is 3.36. The number of hydrogen-bond acceptors (Lipinski definition) is 5. The SMILES string of the molecule is CCc1ccc(N2CCN(CC(=O)Nc3ccc(S(=O)(=O)N4CCCC4)cc3)CC2)cc1. The molecule has 2 heterocycles. The van der Waals surface area contributed by atoms with E-state index in [0.717, 1.165) is 45.4 Å². The second-order valence-electron chi connectivity index (χ2n) is 8.47. The average molecular weight is 457 g/mol. The Hall–Kier alpha value is -2.42. The molecule has 2 saturated heterocycles. The van der Waals surface area contributed by atoms with Gasteiger partial charge in [-0.05, 0) is 61.2 Å². The fraction of sp³-hybridized carbons (Fsp3) is 0.458. The predicted molar refractivity (Wildman–Crippen MR) is 128 cm³/mol. The minimum Gasteiger partial charge on any atom is -0.369 e. The molecule has 0 bridgehead atoms. The number of hydrogen-bond donors (Lipinski definition) is 1. The fourth-order valence-electron chi connectivity index (χ4n) is 4.30. The maximum atomic E-state index is 12.6. The number of sulfonamides is 1. The van der Waals surface area contributed by atoms with Crippen molar-refractivity contribution in [2.45, 2.75) is 31.1 Å². The molecule has 0 aromatic heterocycles. The summed E-state index contributed by atoms with van der Waals surface area (Å²) in [6.45, 7) is 7.09. The number of carbonyl (C=O) groups is 1. The normalized spacial score (nSPS) is 18.1. The molecule has 172 valence electrons. The molecule has 0 unspecified atom stereocenters. The van der Waals surface area contributed by atoms with E-state index in [2.05, 4.69) is 46.3 Å². The number of aryl methyl sites for hydroxylation is 1. The van der Waals surface area contributed by atoms with Gasteiger partial charge in [0.05, 0.1) is 11.4 Å². The minimum atomic E-state index is -3.43. The molecule has 32 heavy (non-hydrogen) atoms. The highest BCUT2D eigenvalue weighted by Crippen LogP contribution is 2.22. The van der Waals surface area contributed by atoms with E-state index in [9.17, 15) is 13.2 Å². The lowest BCUT2D eigenvalue weighted by atomic mass is 10.1. The lowest BCUT2D eigenvalue weighted by Crippen LogP contribution is -2.48. The molecule has 7 nitrogen and oxygen atoms in total. The standard InChI is InChI=1S/C24H32N4O3S/c1-2-20-5-9-22(10-6-20)27-17-15-26(16-18-27)19-24(29)25-21-7-11-23(12-8-21)32(30,31)28-13-3-4-14-28/h5-12H,2-4,13-19H2,1H3,(H,25,29). The molecule has 4 rings (SSSR count). The summed E-state index contributed by atoms with van der Waals surface area (Å²) in [5, 5.41) is 2.89. The first-order valence-corrected chi connectivity index (χ1v) is 12.9. The summed E-state index contributed by atoms with van der Waals surface area (Å²) >= 11 is 0. The van der Waals surface area contributed by atoms with Gasteiger partial charge in [-0.3, -0.25) is 9.69 Å². The van der Waals surface area contributed by atoms with Gasteiger partial charge in [0.15, 0.2) is 0 Å². The molecule has 0 spiro atoms. The van der Waals surface area contributed by atoms with Crippen molar-refractivity contribution in [3.63, 3.8) is 0 Å². The van der Waals surface area contributed by atoms with Crippen molar-refractivity contribution in [3.8, 4) is 0 Å². The number of nitrogens with zero attached hydrogens (tertiary/aromatic N) is 3. The Morgan fingerprint density at radius 2 is 1.50 bits per heavy atom. The van der Waals surface area contributed by atoms with E-state index in [-0.39, 0.29) is 10.8 Å². The first kappa shape index (κ1) is 22.8. The summed E-state index contributed by atoms with van der Waals surface area (Å²) in [6, 6.07) is 15.2. The Balaban J connectivity index is 1.26. The van der Waals surface area contributed by atoms with Crippen LogP contribution in [0.5, 0.6) is 0 Å². The van der Waals surface area contributed by atoms with E-state index in [4.69, 9.17) is 0 Å². The second kappa shape index (κ2) is 10.0. The van der Waals surface area contributed by atoms with Gasteiger partial charge in [-0.1, -0.05) is 19.1 Å². The Morgan fingerprint density at radius 3 is 2.09 bits per heavy atom. The van der Waals surface area contributed by atoms with E-state index >= 15 is 0 Å². The van der Waals surface area contributed by atoms with Crippen LogP contribution in [0.25, 0.3) is 0 Å². The fourth-order valence-corrected chi connectivity index (χ4v) is 5.82. The van der Waals surface area contributed by atoms with Crippen LogP contribution in [0, 0.1) is 0 Å². The highest BCUT2D eigenvalue weighted by Gasteiger charge is 2.27. The first-order chi connectivity index (χ1) is 15.5. The highest BCUT2D eigenvalue weighted by molar-refractivity contribution is 7.89. The van der Waals surface area contributed by atoms with E-state index < -0.39 is 10.0 Å². The summed E-state index contributed by atoms with van der Waals surface area (Å²) in [5.74, 6) is -0.0825. The summed E-state index contributed by atoms with van der Waals surface area (Å²) in [4.78, 5) is 17.3. The Labute approximate surface area is 191 Å². The second-order valence-corrected chi connectivity index (χ2v) is 10.4. The third kappa shape index (κ3) is 5.31. The number of rotatable bonds is 7. The molecule has 2 aromatic rings. The topological polar surface area (TPSA) is 73.0 Å². The quantitative estimate of drug-likeness (QED) is 0.694. The van der Waals surface area contributed by atoms with Crippen LogP contribution in [0.1, 0.15) is 25.3 Å². The van der Waals surface area contributed by atoms with Crippen molar-refractivity contribution >= 4 is 27.3 Å². The zero-order valence-corrected chi connectivity index (χ0v) is 19.5. The number of amides is 1. The minimum absolute atomic E-state index is 0.0825. The van der Waals surface area contributed by atoms with Crippen molar-refractivity contribution in [1.29, 1.82) is 0 Å². The maximum absolute atomic E-state index is 12.6. The number of carbonyl (C=O) groups excluding carboxylic acids is 1. The Kier molecular flexibility index (Phi) is 7.13. The van der Waals surface area contributed by atoms with Gasteiger partial charge in [0, 0.05) is 50.6 Å². The molecule has 2 aliphatic heterocycles. The van der Waals surface area contributed by atoms with Crippen molar-refractivity contribution < 1.29 is 13.2 Å². The zero-order chi connectivity index (χ0) is 22.6. The van der Waals surface area contributed by atoms with Crippen LogP contribution >= 0.6 is 0 Å². The van der Waals surface area contributed by atoms with Gasteiger partial charge < -0.3 is 10.2 Å². The van der Waals surface area contributed by atoms with Gasteiger partial charge in [0.1, 0.15) is 0 Å². The molecular formula is C24H32N4O3S. The largest absolute Gasteiger partial charge is 0.369 e. The summed E-state index contributed by atoms with van der Waals surface area (Å²) in [7, 11) is -3.43. The smallest absolute Gasteiger partial charge is 0.243 e. The van der Waals surface area contributed by atoms with Crippen LogP contribution in [0.3, 0.4) is 0 Å². The van der Waals surface area contributed by atoms with Crippen LogP contribution in [-0.4, -0.2) is 69.3 Å². The third-order valence-corrected chi connectivity index (χ3v) is 8.20. The molecule has 2 aliphatic rings. The van der Waals surface area contributed by atoms with Crippen molar-refractivity contribution in [1.82, 2.24) is 9.21 Å². The molecule has 1 amide bonds. The third-order valence-electron chi connectivity index (χ3n) is 6.29. The molecular weight excluding hydrogens is 424 g/mol. The van der Waals surface area contributed by atoms with E-state index in [1.807, 2.05) is 0 Å². The van der Waals surface area contributed by atoms with Crippen LogP contribution in [0.2, 0.25) is 0 Å². The van der Waals surface area contributed by atoms with Crippen molar-refractivity contribution in [3.05, 3.63) is 54.1 Å². The zero-order valence-electron chi connectivity index (χ0n) is 18.7. The molecule has 0 aliphatic carbocycles. The monoisotopic (exact) mass is 456 g/mol. The predicted octanol–water partition coefficient (Wildman–Crippen LogP) is 2.79. The van der Waals surface area contributed by atoms with Crippen LogP contribution in [-0.2, 0) is 21.2 Å². The van der Waals surface area contributed by atoms with Gasteiger partial charge in [-0.2, -0.15) is 4.31 Å². The van der Waals surface area contributed by atoms with Crippen molar-refractivity contribution in [2.24, 2.45) is 0 Å². The molecule has 1 N–H and O–H groups in total. The maximum Gasteiger partial charge on any atom is 0.243 e. The number of anilines is 2. The summed E-state index contributed by atoms with van der Waals surface area (Å²) in [5.41, 5.74) is 3.19. The molecule has 0 radical (unpaired) electrons. The van der Waals surface area contributed by atoms with E-state index in [1.165, 1.54) is 15.6 Å². The molecule has 0 saturated carbocycles. The number of nitrogens with one attached hydrogen (secondary N) is 1. The molecule has 2 aromatic carbocycles. The molecule has 2 fully saturated rings. The summed E-state index contributed by atoms with van der Waals surface area (Å²) < 4.78 is 26.8. The van der Waals surface area contributed by atoms with Gasteiger partial charge in [0.25, 0.3) is 0 Å². The lowest BCUT2D eigenvalue weighted by molar-refractivity contribution is -0.117. The van der Waals surface area contributed by atoms with Gasteiger partial charge >= 0.3 is 0 Å². The van der Waals surface area contributed by atoms with Crippen LogP contribution in [0.15, 0.2) is 53.4 Å². The van der Waals surface area contributed by atoms with E-state index in [0.29, 0.717) is 25.3 Å². The molecule has 0 atom stereocenters. The van der Waals surface area contributed by atoms with Crippen LogP contribution < -0.4 is 10.2 Å². The Morgan fingerprint density at radius 1 is 0.875 bits per heavy atom. The molecule has 8 heteroatoms. The van der Waals surface area contributed by atoms with Crippen LogP contribution in [0.4, 0.5) is 11.4 Å².